The Morgan fingerprint density at radius 3 is 1.88 bits per heavy atom. The summed E-state index contributed by atoms with van der Waals surface area (Å²) in [4.78, 5) is 28.7. The van der Waals surface area contributed by atoms with Gasteiger partial charge >= 0.3 is 13.8 Å². The van der Waals surface area contributed by atoms with E-state index in [1.165, 1.54) is 38.5 Å². The number of rotatable bonds is 22. The summed E-state index contributed by atoms with van der Waals surface area (Å²) < 4.78 is 19.5. The number of aliphatic hydroxyl groups excluding tert-OH is 1. The Hall–Kier alpha value is -1.24. The first kappa shape index (κ1) is 31.8. The Morgan fingerprint density at radius 2 is 1.30 bits per heavy atom. The molecule has 0 aliphatic heterocycles. The van der Waals surface area contributed by atoms with Crippen molar-refractivity contribution in [3.05, 3.63) is 36.5 Å². The van der Waals surface area contributed by atoms with Crippen molar-refractivity contribution >= 4 is 13.8 Å². The number of hydrogen-bond donors (Lipinski definition) is 3. The fourth-order valence-electron chi connectivity index (χ4n) is 3.02. The van der Waals surface area contributed by atoms with Crippen LogP contribution in [0.4, 0.5) is 0 Å². The van der Waals surface area contributed by atoms with E-state index >= 15 is 0 Å². The highest BCUT2D eigenvalue weighted by molar-refractivity contribution is 7.46. The summed E-state index contributed by atoms with van der Waals surface area (Å²) in [5.74, 6) is -0.424. The molecular weight excluding hydrogens is 443 g/mol. The third-order valence-electron chi connectivity index (χ3n) is 4.89. The lowest BCUT2D eigenvalue weighted by molar-refractivity contribution is -0.147. The first-order chi connectivity index (χ1) is 15.8. The Labute approximate surface area is 200 Å². The van der Waals surface area contributed by atoms with Crippen LogP contribution in [0.2, 0.25) is 0 Å². The summed E-state index contributed by atoms with van der Waals surface area (Å²) in [6, 6.07) is 0. The van der Waals surface area contributed by atoms with Crippen molar-refractivity contribution < 1.29 is 33.5 Å². The minimum Gasteiger partial charge on any atom is -0.463 e. The zero-order valence-corrected chi connectivity index (χ0v) is 21.2. The third-order valence-corrected chi connectivity index (χ3v) is 5.38. The van der Waals surface area contributed by atoms with Crippen molar-refractivity contribution in [1.29, 1.82) is 0 Å². The Morgan fingerprint density at radius 1 is 0.788 bits per heavy atom. The SMILES string of the molecule is CCCCC/C=C\C/C=C\C/C=C\CCCCCCCCC(=O)OCC(O)COP(=O)(O)O. The van der Waals surface area contributed by atoms with Crippen LogP contribution < -0.4 is 0 Å². The van der Waals surface area contributed by atoms with Crippen molar-refractivity contribution in [1.82, 2.24) is 0 Å². The fourth-order valence-corrected chi connectivity index (χ4v) is 3.39. The number of unbranched alkanes of at least 4 members (excludes halogenated alkanes) is 9. The van der Waals surface area contributed by atoms with Gasteiger partial charge < -0.3 is 19.6 Å². The second-order valence-electron chi connectivity index (χ2n) is 8.16. The van der Waals surface area contributed by atoms with Gasteiger partial charge in [0.1, 0.15) is 12.7 Å². The van der Waals surface area contributed by atoms with Gasteiger partial charge in [0.2, 0.25) is 0 Å². The molecule has 0 saturated heterocycles. The normalized spacial score (nSPS) is 13.5. The summed E-state index contributed by atoms with van der Waals surface area (Å²) >= 11 is 0. The minimum atomic E-state index is -4.63. The smallest absolute Gasteiger partial charge is 0.463 e. The number of ether oxygens (including phenoxy) is 1. The molecule has 0 radical (unpaired) electrons. The van der Waals surface area contributed by atoms with Gasteiger partial charge in [0.25, 0.3) is 0 Å². The highest BCUT2D eigenvalue weighted by Crippen LogP contribution is 2.35. The van der Waals surface area contributed by atoms with E-state index in [2.05, 4.69) is 47.9 Å². The van der Waals surface area contributed by atoms with Crippen molar-refractivity contribution in [2.24, 2.45) is 0 Å². The molecule has 0 spiro atoms. The summed E-state index contributed by atoms with van der Waals surface area (Å²) in [6.45, 7) is 1.31. The average molecular weight is 489 g/mol. The van der Waals surface area contributed by atoms with Gasteiger partial charge in [0.05, 0.1) is 6.61 Å². The van der Waals surface area contributed by atoms with E-state index in [1.54, 1.807) is 0 Å². The van der Waals surface area contributed by atoms with E-state index < -0.39 is 26.5 Å². The lowest BCUT2D eigenvalue weighted by atomic mass is 10.1. The van der Waals surface area contributed by atoms with Crippen LogP contribution >= 0.6 is 7.82 Å². The van der Waals surface area contributed by atoms with Gasteiger partial charge in [-0.15, -0.1) is 0 Å². The maximum atomic E-state index is 11.6. The van der Waals surface area contributed by atoms with Crippen LogP contribution in [0, 0.1) is 0 Å². The van der Waals surface area contributed by atoms with Crippen molar-refractivity contribution in [2.45, 2.75) is 103 Å². The molecule has 0 bridgehead atoms. The van der Waals surface area contributed by atoms with Crippen LogP contribution in [0.25, 0.3) is 0 Å². The number of aliphatic hydroxyl groups is 1. The molecule has 3 N–H and O–H groups in total. The fraction of sp³-hybridized carbons (Fsp3) is 0.720. The molecule has 0 aliphatic rings. The summed E-state index contributed by atoms with van der Waals surface area (Å²) in [7, 11) is -4.63. The molecule has 0 amide bonds. The van der Waals surface area contributed by atoms with Crippen molar-refractivity contribution in [3.63, 3.8) is 0 Å². The number of allylic oxidation sites excluding steroid dienone is 6. The quantitative estimate of drug-likeness (QED) is 0.0725. The molecule has 7 nitrogen and oxygen atoms in total. The molecule has 1 atom stereocenters. The minimum absolute atomic E-state index is 0.275. The van der Waals surface area contributed by atoms with Gasteiger partial charge in [-0.2, -0.15) is 0 Å². The molecule has 33 heavy (non-hydrogen) atoms. The van der Waals surface area contributed by atoms with Crippen LogP contribution in [-0.4, -0.2) is 40.2 Å². The standard InChI is InChI=1S/C25H45O7P/c1-2-3-4-5-6-7-8-9-10-11-12-13-14-15-16-17-18-19-20-21-25(27)31-22-24(26)23-32-33(28,29)30/h6-7,9-10,12-13,24,26H,2-5,8,11,14-23H2,1H3,(H2,28,29,30)/b7-6-,10-9-,13-12-. The first-order valence-electron chi connectivity index (χ1n) is 12.3. The lowest BCUT2D eigenvalue weighted by Crippen LogP contribution is -2.23. The maximum absolute atomic E-state index is 11.6. The number of carbonyl (C=O) groups excluding carboxylic acids is 1. The Bertz CT molecular complexity index is 596. The van der Waals surface area contributed by atoms with Gasteiger partial charge in [-0.3, -0.25) is 9.32 Å². The third kappa shape index (κ3) is 26.9. The molecule has 192 valence electrons. The van der Waals surface area contributed by atoms with Crippen LogP contribution in [0.15, 0.2) is 36.5 Å². The predicted molar refractivity (Wildman–Crippen MR) is 133 cm³/mol. The first-order valence-corrected chi connectivity index (χ1v) is 13.9. The molecule has 0 aliphatic carbocycles. The van der Waals surface area contributed by atoms with Gasteiger partial charge in [-0.05, 0) is 44.9 Å². The van der Waals surface area contributed by atoms with Crippen LogP contribution in [0.1, 0.15) is 96.8 Å². The van der Waals surface area contributed by atoms with Gasteiger partial charge in [0, 0.05) is 6.42 Å². The monoisotopic (exact) mass is 488 g/mol. The van der Waals surface area contributed by atoms with Crippen LogP contribution in [-0.2, 0) is 18.6 Å². The average Bonchev–Trinajstić information content (AvgIpc) is 2.77. The molecular formula is C25H45O7P. The van der Waals surface area contributed by atoms with E-state index in [0.29, 0.717) is 0 Å². The van der Waals surface area contributed by atoms with Crippen molar-refractivity contribution in [3.8, 4) is 0 Å². The van der Waals surface area contributed by atoms with E-state index in [1.807, 2.05) is 0 Å². The van der Waals surface area contributed by atoms with Gasteiger partial charge in [-0.25, -0.2) is 4.57 Å². The summed E-state index contributed by atoms with van der Waals surface area (Å²) in [5, 5.41) is 9.44. The zero-order valence-electron chi connectivity index (χ0n) is 20.3. The molecule has 0 aromatic rings. The zero-order chi connectivity index (χ0) is 24.6. The summed E-state index contributed by atoms with van der Waals surface area (Å²) in [6.07, 6.45) is 26.9. The van der Waals surface area contributed by atoms with Gasteiger partial charge in [-0.1, -0.05) is 81.9 Å². The van der Waals surface area contributed by atoms with E-state index in [0.717, 1.165) is 44.9 Å². The molecule has 0 saturated carbocycles. The number of carbonyl (C=O) groups is 1. The second-order valence-corrected chi connectivity index (χ2v) is 9.40. The highest BCUT2D eigenvalue weighted by atomic mass is 31.2. The molecule has 0 fully saturated rings. The number of esters is 1. The molecule has 0 aromatic heterocycles. The Kier molecular flexibility index (Phi) is 21.7. The topological polar surface area (TPSA) is 113 Å². The number of phosphoric ester groups is 1. The number of hydrogen-bond acceptors (Lipinski definition) is 5. The van der Waals surface area contributed by atoms with E-state index in [-0.39, 0.29) is 13.0 Å². The number of phosphoric acid groups is 1. The molecule has 0 heterocycles. The molecule has 0 rings (SSSR count). The van der Waals surface area contributed by atoms with Crippen LogP contribution in [0.5, 0.6) is 0 Å². The predicted octanol–water partition coefficient (Wildman–Crippen LogP) is 6.15. The lowest BCUT2D eigenvalue weighted by Gasteiger charge is -2.12. The summed E-state index contributed by atoms with van der Waals surface area (Å²) in [5.41, 5.74) is 0. The van der Waals surface area contributed by atoms with Crippen LogP contribution in [0.3, 0.4) is 0 Å². The molecule has 0 aromatic carbocycles. The molecule has 1 unspecified atom stereocenters. The van der Waals surface area contributed by atoms with E-state index in [9.17, 15) is 14.5 Å². The van der Waals surface area contributed by atoms with E-state index in [4.69, 9.17) is 14.5 Å². The van der Waals surface area contributed by atoms with Crippen molar-refractivity contribution in [2.75, 3.05) is 13.2 Å². The molecule has 8 heteroatoms. The largest absolute Gasteiger partial charge is 0.469 e. The second kappa shape index (κ2) is 22.5. The van der Waals surface area contributed by atoms with Gasteiger partial charge in [0.15, 0.2) is 0 Å². The Balaban J connectivity index is 3.44. The maximum Gasteiger partial charge on any atom is 0.469 e. The highest BCUT2D eigenvalue weighted by Gasteiger charge is 2.17.